The van der Waals surface area contributed by atoms with E-state index >= 15 is 0 Å². The molecule has 2 aliphatic heterocycles. The van der Waals surface area contributed by atoms with E-state index in [-0.39, 0.29) is 18.1 Å². The van der Waals surface area contributed by atoms with Crippen molar-refractivity contribution in [3.8, 4) is 11.8 Å². The first-order valence-electron chi connectivity index (χ1n) is 14.4. The van der Waals surface area contributed by atoms with E-state index in [0.29, 0.717) is 33.5 Å². The van der Waals surface area contributed by atoms with Gasteiger partial charge in [-0.1, -0.05) is 25.4 Å². The van der Waals surface area contributed by atoms with E-state index in [1.54, 1.807) is 24.3 Å². The number of nitrogens with zero attached hydrogens (tertiary/aromatic N) is 5. The number of carbonyl (C=O) groups excluding carboxylic acids is 1. The Bertz CT molecular complexity index is 1190. The van der Waals surface area contributed by atoms with Crippen LogP contribution >= 0.6 is 11.6 Å². The molecule has 9 heteroatoms. The van der Waals surface area contributed by atoms with Gasteiger partial charge in [0.05, 0.1) is 16.7 Å². The molecule has 1 aromatic heterocycles. The highest BCUT2D eigenvalue weighted by molar-refractivity contribution is 6.31. The second-order valence-corrected chi connectivity index (χ2v) is 11.9. The summed E-state index contributed by atoms with van der Waals surface area (Å²) in [5.41, 5.74) is 1.16. The lowest BCUT2D eigenvalue weighted by molar-refractivity contribution is 0.0888. The number of nitrogens with one attached hydrogen (secondary N) is 1. The molecule has 1 atom stereocenters. The number of benzene rings is 1. The lowest BCUT2D eigenvalue weighted by Crippen LogP contribution is -2.40. The minimum Gasteiger partial charge on any atom is -0.490 e. The summed E-state index contributed by atoms with van der Waals surface area (Å²) >= 11 is 6.12. The number of anilines is 1. The first-order valence-corrected chi connectivity index (χ1v) is 14.8. The largest absolute Gasteiger partial charge is 0.490 e. The molecule has 3 aliphatic rings. The maximum absolute atomic E-state index is 12.9. The van der Waals surface area contributed by atoms with Crippen molar-refractivity contribution in [3.05, 3.63) is 46.6 Å². The normalized spacial score (nSPS) is 25.3. The maximum Gasteiger partial charge on any atom is 0.272 e. The molecule has 8 nitrogen and oxygen atoms in total. The quantitative estimate of drug-likeness (QED) is 0.482. The number of aromatic nitrogens is 2. The van der Waals surface area contributed by atoms with E-state index in [9.17, 15) is 4.79 Å². The van der Waals surface area contributed by atoms with Gasteiger partial charge in [0, 0.05) is 43.2 Å². The lowest BCUT2D eigenvalue weighted by Gasteiger charge is -2.29. The summed E-state index contributed by atoms with van der Waals surface area (Å²) in [6.07, 6.45) is 8.26. The van der Waals surface area contributed by atoms with Gasteiger partial charge in [-0.3, -0.25) is 9.69 Å². The molecular formula is C30H39ClN6O2. The first-order chi connectivity index (χ1) is 18.9. The van der Waals surface area contributed by atoms with Gasteiger partial charge in [0.2, 0.25) is 0 Å². The van der Waals surface area contributed by atoms with Crippen LogP contribution in [0.15, 0.2) is 30.3 Å². The zero-order valence-electron chi connectivity index (χ0n) is 23.0. The molecule has 208 valence electrons. The van der Waals surface area contributed by atoms with Crippen molar-refractivity contribution in [2.45, 2.75) is 83.4 Å². The van der Waals surface area contributed by atoms with Crippen molar-refractivity contribution in [1.29, 1.82) is 5.26 Å². The second kappa shape index (κ2) is 12.1. The van der Waals surface area contributed by atoms with Gasteiger partial charge >= 0.3 is 0 Å². The summed E-state index contributed by atoms with van der Waals surface area (Å²) < 4.78 is 6.06. The molecule has 0 bridgehead atoms. The standard InChI is InChI=1S/C30H39ClN6O2/c1-3-23(4-2)36-15-13-30(19-36)14-16-37(20-30)28-12-11-27(34-35-28)29(38)33-22-6-9-24(10-7-22)39-25-8-5-21(18-32)26(31)17-25/h5,8,11-12,17,22-24H,3-4,6-7,9-10,13-16,19-20H2,1-2H3,(H,33,38). The van der Waals surface area contributed by atoms with Crippen LogP contribution in [-0.2, 0) is 0 Å². The van der Waals surface area contributed by atoms with Crippen molar-refractivity contribution in [2.75, 3.05) is 31.1 Å². The SMILES string of the molecule is CCC(CC)N1CCC2(CCN(c3ccc(C(=O)NC4CCC(Oc5ccc(C#N)c(Cl)c5)CC4)nn3)C2)C1. The zero-order valence-corrected chi connectivity index (χ0v) is 23.8. The lowest BCUT2D eigenvalue weighted by atomic mass is 9.86. The number of hydrogen-bond acceptors (Lipinski definition) is 7. The van der Waals surface area contributed by atoms with Crippen molar-refractivity contribution < 1.29 is 9.53 Å². The second-order valence-electron chi connectivity index (χ2n) is 11.5. The fraction of sp³-hybridized carbons (Fsp3) is 0.600. The fourth-order valence-electron chi connectivity index (χ4n) is 6.60. The highest BCUT2D eigenvalue weighted by Gasteiger charge is 2.44. The summed E-state index contributed by atoms with van der Waals surface area (Å²) in [5.74, 6) is 1.36. The predicted octanol–water partition coefficient (Wildman–Crippen LogP) is 5.21. The van der Waals surface area contributed by atoms with Gasteiger partial charge < -0.3 is 15.0 Å². The van der Waals surface area contributed by atoms with Gasteiger partial charge in [0.1, 0.15) is 11.8 Å². The molecule has 3 fully saturated rings. The van der Waals surface area contributed by atoms with Crippen LogP contribution in [0.3, 0.4) is 0 Å². The van der Waals surface area contributed by atoms with Crippen LogP contribution in [0, 0.1) is 16.7 Å². The molecule has 1 N–H and O–H groups in total. The molecule has 5 rings (SSSR count). The number of amides is 1. The molecule has 0 radical (unpaired) electrons. The molecule has 1 spiro atoms. The van der Waals surface area contributed by atoms with Crippen LogP contribution in [0.1, 0.15) is 81.3 Å². The van der Waals surface area contributed by atoms with Crippen LogP contribution in [0.5, 0.6) is 5.75 Å². The molecule has 2 saturated heterocycles. The van der Waals surface area contributed by atoms with Crippen LogP contribution in [0.4, 0.5) is 5.82 Å². The Morgan fingerprint density at radius 2 is 1.90 bits per heavy atom. The van der Waals surface area contributed by atoms with Gasteiger partial charge in [0.15, 0.2) is 11.5 Å². The number of halogens is 1. The van der Waals surface area contributed by atoms with E-state index in [0.717, 1.165) is 44.6 Å². The van der Waals surface area contributed by atoms with Crippen molar-refractivity contribution >= 4 is 23.3 Å². The van der Waals surface area contributed by atoms with Crippen LogP contribution in [0.2, 0.25) is 5.02 Å². The molecule has 1 unspecified atom stereocenters. The van der Waals surface area contributed by atoms with Crippen molar-refractivity contribution in [3.63, 3.8) is 0 Å². The van der Waals surface area contributed by atoms with Crippen molar-refractivity contribution in [1.82, 2.24) is 20.4 Å². The molecule has 1 amide bonds. The monoisotopic (exact) mass is 550 g/mol. The number of carbonyl (C=O) groups is 1. The number of likely N-dealkylation sites (tertiary alicyclic amines) is 1. The Morgan fingerprint density at radius 3 is 2.56 bits per heavy atom. The topological polar surface area (TPSA) is 94.4 Å². The third kappa shape index (κ3) is 6.31. The smallest absolute Gasteiger partial charge is 0.272 e. The molecular weight excluding hydrogens is 512 g/mol. The van der Waals surface area contributed by atoms with E-state index in [1.807, 2.05) is 6.07 Å². The van der Waals surface area contributed by atoms with E-state index in [2.05, 4.69) is 45.2 Å². The summed E-state index contributed by atoms with van der Waals surface area (Å²) in [6.45, 7) is 8.98. The molecule has 1 aliphatic carbocycles. The van der Waals surface area contributed by atoms with Gasteiger partial charge in [-0.2, -0.15) is 5.26 Å². The molecule has 39 heavy (non-hydrogen) atoms. The van der Waals surface area contributed by atoms with Gasteiger partial charge in [-0.05, 0) is 82.2 Å². The Morgan fingerprint density at radius 1 is 1.13 bits per heavy atom. The third-order valence-electron chi connectivity index (χ3n) is 8.95. The molecule has 1 saturated carbocycles. The Balaban J connectivity index is 1.08. The summed E-state index contributed by atoms with van der Waals surface area (Å²) in [5, 5.41) is 21.3. The average molecular weight is 551 g/mol. The van der Waals surface area contributed by atoms with Gasteiger partial charge in [-0.25, -0.2) is 0 Å². The van der Waals surface area contributed by atoms with E-state index in [4.69, 9.17) is 21.6 Å². The number of rotatable bonds is 8. The minimum atomic E-state index is -0.174. The predicted molar refractivity (Wildman–Crippen MR) is 152 cm³/mol. The highest BCUT2D eigenvalue weighted by Crippen LogP contribution is 2.41. The number of nitriles is 1. The summed E-state index contributed by atoms with van der Waals surface area (Å²) in [4.78, 5) is 17.9. The summed E-state index contributed by atoms with van der Waals surface area (Å²) in [6, 6.07) is 11.7. The maximum atomic E-state index is 12.9. The Labute approximate surface area is 236 Å². The Kier molecular flexibility index (Phi) is 8.58. The highest BCUT2D eigenvalue weighted by atomic mass is 35.5. The molecule has 1 aromatic carbocycles. The van der Waals surface area contributed by atoms with E-state index in [1.165, 1.54) is 38.8 Å². The van der Waals surface area contributed by atoms with Gasteiger partial charge in [-0.15, -0.1) is 10.2 Å². The van der Waals surface area contributed by atoms with Crippen LogP contribution in [-0.4, -0.2) is 65.4 Å². The summed E-state index contributed by atoms with van der Waals surface area (Å²) in [7, 11) is 0. The average Bonchev–Trinajstić information content (AvgIpc) is 3.57. The zero-order chi connectivity index (χ0) is 27.4. The minimum absolute atomic E-state index is 0.0618. The van der Waals surface area contributed by atoms with Crippen LogP contribution < -0.4 is 15.0 Å². The third-order valence-corrected chi connectivity index (χ3v) is 9.26. The molecule has 2 aromatic rings. The Hall–Kier alpha value is -2.89. The van der Waals surface area contributed by atoms with Crippen LogP contribution in [0.25, 0.3) is 0 Å². The first kappa shape index (κ1) is 27.7. The molecule has 3 heterocycles. The fourth-order valence-corrected chi connectivity index (χ4v) is 6.81. The number of ether oxygens (including phenoxy) is 1. The van der Waals surface area contributed by atoms with Gasteiger partial charge in [0.25, 0.3) is 5.91 Å². The number of hydrogen-bond donors (Lipinski definition) is 1. The van der Waals surface area contributed by atoms with Crippen molar-refractivity contribution in [2.24, 2.45) is 5.41 Å². The van der Waals surface area contributed by atoms with E-state index < -0.39 is 0 Å².